The summed E-state index contributed by atoms with van der Waals surface area (Å²) in [6.45, 7) is 4.07. The van der Waals surface area contributed by atoms with Gasteiger partial charge in [0.1, 0.15) is 0 Å². The zero-order valence-electron chi connectivity index (χ0n) is 10.1. The molecule has 5 heteroatoms. The molecule has 0 amide bonds. The predicted molar refractivity (Wildman–Crippen MR) is 71.3 cm³/mol. The maximum absolute atomic E-state index is 12.1. The van der Waals surface area contributed by atoms with Crippen molar-refractivity contribution >= 4 is 26.0 Å². The van der Waals surface area contributed by atoms with Crippen LogP contribution in [0.2, 0.25) is 0 Å². The Morgan fingerprint density at radius 3 is 2.25 bits per heavy atom. The lowest BCUT2D eigenvalue weighted by Crippen LogP contribution is -2.44. The molecule has 3 nitrogen and oxygen atoms in total. The molecule has 0 aromatic carbocycles. The van der Waals surface area contributed by atoms with E-state index in [9.17, 15) is 8.42 Å². The zero-order chi connectivity index (χ0) is 12.2. The van der Waals surface area contributed by atoms with E-state index in [2.05, 4.69) is 20.7 Å². The Balaban J connectivity index is 2.62. The quantitative estimate of drug-likeness (QED) is 0.793. The number of sulfonamides is 1. The molecule has 0 heterocycles. The van der Waals surface area contributed by atoms with Gasteiger partial charge in [0.15, 0.2) is 0 Å². The van der Waals surface area contributed by atoms with Crippen LogP contribution >= 0.6 is 15.9 Å². The number of rotatable bonds is 5. The van der Waals surface area contributed by atoms with Crippen LogP contribution in [0.15, 0.2) is 0 Å². The second kappa shape index (κ2) is 6.36. The summed E-state index contributed by atoms with van der Waals surface area (Å²) in [5, 5.41) is 0.512. The first-order chi connectivity index (χ1) is 7.47. The van der Waals surface area contributed by atoms with Crippen molar-refractivity contribution in [1.82, 2.24) is 4.72 Å². The Morgan fingerprint density at radius 1 is 1.25 bits per heavy atom. The van der Waals surface area contributed by atoms with Crippen molar-refractivity contribution in [1.29, 1.82) is 0 Å². The van der Waals surface area contributed by atoms with Gasteiger partial charge < -0.3 is 0 Å². The van der Waals surface area contributed by atoms with E-state index in [0.29, 0.717) is 11.2 Å². The highest BCUT2D eigenvalue weighted by molar-refractivity contribution is 9.09. The smallest absolute Gasteiger partial charge is 0.212 e. The molecule has 1 saturated carbocycles. The van der Waals surface area contributed by atoms with Crippen molar-refractivity contribution in [2.75, 3.05) is 5.33 Å². The van der Waals surface area contributed by atoms with E-state index < -0.39 is 10.0 Å². The molecule has 1 aliphatic carbocycles. The average Bonchev–Trinajstić information content (AvgIpc) is 2.27. The zero-order valence-corrected chi connectivity index (χ0v) is 12.5. The van der Waals surface area contributed by atoms with Crippen LogP contribution in [-0.2, 0) is 10.0 Å². The Kier molecular flexibility index (Phi) is 5.74. The van der Waals surface area contributed by atoms with Crippen molar-refractivity contribution < 1.29 is 8.42 Å². The Labute approximate surface area is 108 Å². The fraction of sp³-hybridized carbons (Fsp3) is 1.00. The molecule has 96 valence electrons. The fourth-order valence-electron chi connectivity index (χ4n) is 2.03. The van der Waals surface area contributed by atoms with Crippen LogP contribution in [0.1, 0.15) is 46.0 Å². The molecule has 1 N–H and O–H groups in total. The van der Waals surface area contributed by atoms with Crippen LogP contribution in [0.5, 0.6) is 0 Å². The first-order valence-corrected chi connectivity index (χ1v) is 8.71. The lowest BCUT2D eigenvalue weighted by molar-refractivity contribution is 0.450. The van der Waals surface area contributed by atoms with Gasteiger partial charge in [-0.15, -0.1) is 0 Å². The van der Waals surface area contributed by atoms with Crippen LogP contribution < -0.4 is 4.72 Å². The Hall–Kier alpha value is 0.390. The normalized spacial score (nSPS) is 21.2. The van der Waals surface area contributed by atoms with Gasteiger partial charge in [0, 0.05) is 11.4 Å². The van der Waals surface area contributed by atoms with Crippen molar-refractivity contribution in [2.45, 2.75) is 57.2 Å². The van der Waals surface area contributed by atoms with Crippen LogP contribution in [0, 0.1) is 5.92 Å². The summed E-state index contributed by atoms with van der Waals surface area (Å²) in [6, 6.07) is 0.00641. The second-order valence-electron chi connectivity index (χ2n) is 4.93. The summed E-state index contributed by atoms with van der Waals surface area (Å²) in [5.41, 5.74) is 0. The first kappa shape index (κ1) is 14.5. The molecule has 0 saturated heterocycles. The molecular weight excluding hydrogens is 290 g/mol. The highest BCUT2D eigenvalue weighted by Gasteiger charge is 2.29. The minimum absolute atomic E-state index is 0.00641. The van der Waals surface area contributed by atoms with Crippen LogP contribution in [0.4, 0.5) is 0 Å². The third-order valence-corrected chi connectivity index (χ3v) is 5.96. The molecule has 16 heavy (non-hydrogen) atoms. The highest BCUT2D eigenvalue weighted by atomic mass is 79.9. The van der Waals surface area contributed by atoms with E-state index in [0.717, 1.165) is 25.7 Å². The second-order valence-corrected chi connectivity index (χ2v) is 7.57. The van der Waals surface area contributed by atoms with E-state index in [-0.39, 0.29) is 11.3 Å². The summed E-state index contributed by atoms with van der Waals surface area (Å²) < 4.78 is 27.1. The molecule has 1 rings (SSSR count). The molecule has 0 aromatic rings. The lowest BCUT2D eigenvalue weighted by Gasteiger charge is -2.26. The third-order valence-electron chi connectivity index (χ3n) is 3.28. The van der Waals surface area contributed by atoms with Gasteiger partial charge in [-0.25, -0.2) is 13.1 Å². The molecule has 0 bridgehead atoms. The van der Waals surface area contributed by atoms with Gasteiger partial charge in [0.05, 0.1) is 5.25 Å². The number of hydrogen-bond acceptors (Lipinski definition) is 2. The molecule has 1 atom stereocenters. The Bertz CT molecular complexity index is 297. The number of hydrogen-bond donors (Lipinski definition) is 1. The monoisotopic (exact) mass is 311 g/mol. The summed E-state index contributed by atoms with van der Waals surface area (Å²) in [6.07, 6.45) is 4.92. The van der Waals surface area contributed by atoms with E-state index in [4.69, 9.17) is 0 Å². The van der Waals surface area contributed by atoms with Gasteiger partial charge >= 0.3 is 0 Å². The third kappa shape index (κ3) is 4.00. The molecule has 0 aliphatic heterocycles. The fourth-order valence-corrected chi connectivity index (χ4v) is 5.08. The molecule has 0 spiro atoms. The lowest BCUT2D eigenvalue weighted by atomic mass is 10.0. The minimum atomic E-state index is -3.12. The minimum Gasteiger partial charge on any atom is -0.212 e. The number of nitrogens with one attached hydrogen (secondary N) is 1. The topological polar surface area (TPSA) is 46.2 Å². The molecule has 0 radical (unpaired) electrons. The highest BCUT2D eigenvalue weighted by Crippen LogP contribution is 2.23. The van der Waals surface area contributed by atoms with E-state index in [1.54, 1.807) is 0 Å². The molecule has 1 aliphatic rings. The predicted octanol–water partition coefficient (Wildman–Crippen LogP) is 2.66. The standard InChI is InChI=1S/C11H22BrNO2S/c1-9(2)11(8-12)13-16(14,15)10-6-4-3-5-7-10/h9-11,13H,3-8H2,1-2H3. The van der Waals surface area contributed by atoms with Crippen molar-refractivity contribution in [3.8, 4) is 0 Å². The number of alkyl halides is 1. The largest absolute Gasteiger partial charge is 0.214 e. The van der Waals surface area contributed by atoms with Gasteiger partial charge in [-0.2, -0.15) is 0 Å². The van der Waals surface area contributed by atoms with Crippen molar-refractivity contribution in [3.63, 3.8) is 0 Å². The van der Waals surface area contributed by atoms with Crippen LogP contribution in [0.25, 0.3) is 0 Å². The van der Waals surface area contributed by atoms with Crippen molar-refractivity contribution in [2.24, 2.45) is 5.92 Å². The number of halogens is 1. The van der Waals surface area contributed by atoms with Crippen LogP contribution in [0.3, 0.4) is 0 Å². The summed E-state index contributed by atoms with van der Waals surface area (Å²) in [7, 11) is -3.12. The Morgan fingerprint density at radius 2 is 1.81 bits per heavy atom. The van der Waals surface area contributed by atoms with E-state index >= 15 is 0 Å². The maximum Gasteiger partial charge on any atom is 0.214 e. The molecule has 1 unspecified atom stereocenters. The van der Waals surface area contributed by atoms with Gasteiger partial charge in [-0.1, -0.05) is 49.0 Å². The molecular formula is C11H22BrNO2S. The molecule has 1 fully saturated rings. The van der Waals surface area contributed by atoms with E-state index in [1.807, 2.05) is 13.8 Å². The maximum atomic E-state index is 12.1. The van der Waals surface area contributed by atoms with Gasteiger partial charge in [-0.05, 0) is 18.8 Å². The van der Waals surface area contributed by atoms with E-state index in [1.165, 1.54) is 6.42 Å². The summed E-state index contributed by atoms with van der Waals surface area (Å²) >= 11 is 3.37. The van der Waals surface area contributed by atoms with Crippen molar-refractivity contribution in [3.05, 3.63) is 0 Å². The summed E-state index contributed by atoms with van der Waals surface area (Å²) in [4.78, 5) is 0. The van der Waals surface area contributed by atoms with Crippen LogP contribution in [-0.4, -0.2) is 25.0 Å². The van der Waals surface area contributed by atoms with Gasteiger partial charge in [0.25, 0.3) is 0 Å². The summed E-state index contributed by atoms with van der Waals surface area (Å²) in [5.74, 6) is 0.317. The van der Waals surface area contributed by atoms with Gasteiger partial charge in [-0.3, -0.25) is 0 Å². The molecule has 0 aromatic heterocycles. The average molecular weight is 312 g/mol. The first-order valence-electron chi connectivity index (χ1n) is 6.04. The SMILES string of the molecule is CC(C)C(CBr)NS(=O)(=O)C1CCCCC1. The van der Waals surface area contributed by atoms with Gasteiger partial charge in [0.2, 0.25) is 10.0 Å².